The minimum absolute atomic E-state index is 0.326. The first-order chi connectivity index (χ1) is 8.50. The predicted octanol–water partition coefficient (Wildman–Crippen LogP) is 3.27. The van der Waals surface area contributed by atoms with Crippen molar-refractivity contribution in [2.75, 3.05) is 13.2 Å². The van der Waals surface area contributed by atoms with E-state index in [0.29, 0.717) is 25.6 Å². The van der Waals surface area contributed by atoms with Crippen LogP contribution in [0.1, 0.15) is 37.8 Å². The van der Waals surface area contributed by atoms with Crippen LogP contribution in [0.4, 0.5) is 0 Å². The largest absolute Gasteiger partial charge is 0.486 e. The first-order valence-corrected chi connectivity index (χ1v) is 7.09. The summed E-state index contributed by atoms with van der Waals surface area (Å²) in [6.07, 6.45) is 0.242. The lowest BCUT2D eigenvalue weighted by Crippen LogP contribution is -2.19. The number of halogens is 1. The molecule has 0 saturated carbocycles. The molecule has 1 unspecified atom stereocenters. The summed E-state index contributed by atoms with van der Waals surface area (Å²) in [5.41, 5.74) is 2.25. The van der Waals surface area contributed by atoms with E-state index in [9.17, 15) is 5.11 Å². The smallest absolute Gasteiger partial charge is 0.165 e. The maximum Gasteiger partial charge on any atom is 0.165 e. The molecule has 0 spiro atoms. The van der Waals surface area contributed by atoms with Gasteiger partial charge < -0.3 is 14.6 Å². The molecule has 2 rings (SSSR count). The Morgan fingerprint density at radius 1 is 1.28 bits per heavy atom. The zero-order chi connectivity index (χ0) is 13.3. The van der Waals surface area contributed by atoms with E-state index in [1.807, 2.05) is 6.07 Å². The van der Waals surface area contributed by atoms with Crippen LogP contribution in [-0.4, -0.2) is 24.4 Å². The second-order valence-corrected chi connectivity index (χ2v) is 5.84. The molecule has 0 bridgehead atoms. The van der Waals surface area contributed by atoms with Gasteiger partial charge in [-0.15, -0.1) is 0 Å². The lowest BCUT2D eigenvalue weighted by molar-refractivity contribution is 0.168. The van der Waals surface area contributed by atoms with Gasteiger partial charge in [0.25, 0.3) is 0 Å². The molecule has 0 aromatic heterocycles. The van der Waals surface area contributed by atoms with E-state index in [1.165, 1.54) is 0 Å². The summed E-state index contributed by atoms with van der Waals surface area (Å²) in [4.78, 5) is 0. The summed E-state index contributed by atoms with van der Waals surface area (Å²) in [6.45, 7) is 7.24. The molecule has 0 fully saturated rings. The molecule has 0 amide bonds. The lowest BCUT2D eigenvalue weighted by atomic mass is 9.92. The second-order valence-electron chi connectivity index (χ2n) is 4.98. The zero-order valence-corrected chi connectivity index (χ0v) is 12.6. The van der Waals surface area contributed by atoms with Crippen LogP contribution in [0.5, 0.6) is 11.5 Å². The molecule has 1 heterocycles. The van der Waals surface area contributed by atoms with Gasteiger partial charge >= 0.3 is 0 Å². The van der Waals surface area contributed by atoms with Gasteiger partial charge in [-0.3, -0.25) is 0 Å². The predicted molar refractivity (Wildman–Crippen MR) is 74.6 cm³/mol. The maximum atomic E-state index is 9.65. The molecule has 4 heteroatoms. The van der Waals surface area contributed by atoms with Gasteiger partial charge in [0.1, 0.15) is 13.2 Å². The SMILES string of the molecule is CC(O)Cc1c(Br)cc2c(c1C(C)C)OCCO2. The minimum Gasteiger partial charge on any atom is -0.486 e. The molecule has 3 nitrogen and oxygen atoms in total. The average molecular weight is 315 g/mol. The number of hydrogen-bond acceptors (Lipinski definition) is 3. The van der Waals surface area contributed by atoms with E-state index in [1.54, 1.807) is 6.92 Å². The first kappa shape index (κ1) is 13.7. The van der Waals surface area contributed by atoms with Gasteiger partial charge in [-0.1, -0.05) is 29.8 Å². The Bertz CT molecular complexity index is 441. The molecule has 100 valence electrons. The van der Waals surface area contributed by atoms with Crippen molar-refractivity contribution < 1.29 is 14.6 Å². The third kappa shape index (κ3) is 2.64. The molecule has 1 N–H and O–H groups in total. The van der Waals surface area contributed by atoms with E-state index in [-0.39, 0.29) is 6.10 Å². The summed E-state index contributed by atoms with van der Waals surface area (Å²) in [6, 6.07) is 1.94. The highest BCUT2D eigenvalue weighted by Gasteiger charge is 2.24. The Morgan fingerprint density at radius 2 is 1.94 bits per heavy atom. The normalized spacial score (nSPS) is 15.9. The van der Waals surface area contributed by atoms with Crippen molar-refractivity contribution >= 4 is 15.9 Å². The quantitative estimate of drug-likeness (QED) is 0.930. The summed E-state index contributed by atoms with van der Waals surface area (Å²) < 4.78 is 12.4. The molecule has 1 aliphatic heterocycles. The van der Waals surface area contributed by atoms with Crippen molar-refractivity contribution in [3.05, 3.63) is 21.7 Å². The van der Waals surface area contributed by atoms with Crippen LogP contribution >= 0.6 is 15.9 Å². The number of aliphatic hydroxyl groups is 1. The molecular weight excluding hydrogens is 296 g/mol. The van der Waals surface area contributed by atoms with Crippen molar-refractivity contribution in [2.24, 2.45) is 0 Å². The first-order valence-electron chi connectivity index (χ1n) is 6.29. The number of benzene rings is 1. The Labute approximate surface area is 116 Å². The highest BCUT2D eigenvalue weighted by molar-refractivity contribution is 9.10. The number of rotatable bonds is 3. The second kappa shape index (κ2) is 5.49. The molecule has 1 aromatic rings. The van der Waals surface area contributed by atoms with Gasteiger partial charge in [0.05, 0.1) is 6.10 Å². The Hall–Kier alpha value is -0.740. The van der Waals surface area contributed by atoms with E-state index < -0.39 is 0 Å². The van der Waals surface area contributed by atoms with E-state index in [0.717, 1.165) is 27.1 Å². The van der Waals surface area contributed by atoms with E-state index in [2.05, 4.69) is 29.8 Å². The van der Waals surface area contributed by atoms with Gasteiger partial charge in [-0.05, 0) is 30.9 Å². The molecule has 0 saturated heterocycles. The van der Waals surface area contributed by atoms with Crippen molar-refractivity contribution in [1.82, 2.24) is 0 Å². The number of fused-ring (bicyclic) bond motifs is 1. The Morgan fingerprint density at radius 3 is 2.56 bits per heavy atom. The molecule has 0 aliphatic carbocycles. The van der Waals surface area contributed by atoms with Crippen LogP contribution in [0.15, 0.2) is 10.5 Å². The topological polar surface area (TPSA) is 38.7 Å². The highest BCUT2D eigenvalue weighted by Crippen LogP contribution is 2.43. The molecule has 1 aliphatic rings. The summed E-state index contributed by atoms with van der Waals surface area (Å²) in [5.74, 6) is 1.97. The Kier molecular flexibility index (Phi) is 4.17. The van der Waals surface area contributed by atoms with Crippen LogP contribution in [0.3, 0.4) is 0 Å². The van der Waals surface area contributed by atoms with Crippen LogP contribution in [-0.2, 0) is 6.42 Å². The minimum atomic E-state index is -0.374. The number of ether oxygens (including phenoxy) is 2. The lowest BCUT2D eigenvalue weighted by Gasteiger charge is -2.26. The summed E-state index contributed by atoms with van der Waals surface area (Å²) in [5, 5.41) is 9.65. The van der Waals surface area contributed by atoms with Crippen LogP contribution in [0, 0.1) is 0 Å². The summed E-state index contributed by atoms with van der Waals surface area (Å²) in [7, 11) is 0. The van der Waals surface area contributed by atoms with Crippen LogP contribution in [0.25, 0.3) is 0 Å². The zero-order valence-electron chi connectivity index (χ0n) is 11.0. The van der Waals surface area contributed by atoms with E-state index in [4.69, 9.17) is 9.47 Å². The fourth-order valence-corrected chi connectivity index (χ4v) is 2.91. The molecule has 0 radical (unpaired) electrons. The highest BCUT2D eigenvalue weighted by atomic mass is 79.9. The average Bonchev–Trinajstić information content (AvgIpc) is 2.28. The fourth-order valence-electron chi connectivity index (χ4n) is 2.33. The molecule has 1 aromatic carbocycles. The molecule has 1 atom stereocenters. The molecule has 18 heavy (non-hydrogen) atoms. The van der Waals surface area contributed by atoms with Gasteiger partial charge in [-0.25, -0.2) is 0 Å². The number of aliphatic hydroxyl groups excluding tert-OH is 1. The third-order valence-corrected chi connectivity index (χ3v) is 3.71. The third-order valence-electron chi connectivity index (χ3n) is 3.00. The standard InChI is InChI=1S/C14H19BrO3/c1-8(2)13-10(6-9(3)16)11(15)7-12-14(13)18-5-4-17-12/h7-9,16H,4-6H2,1-3H3. The fraction of sp³-hybridized carbons (Fsp3) is 0.571. The van der Waals surface area contributed by atoms with Crippen molar-refractivity contribution in [2.45, 2.75) is 39.2 Å². The van der Waals surface area contributed by atoms with Crippen molar-refractivity contribution in [3.63, 3.8) is 0 Å². The monoisotopic (exact) mass is 314 g/mol. The summed E-state index contributed by atoms with van der Waals surface area (Å²) >= 11 is 3.58. The van der Waals surface area contributed by atoms with E-state index >= 15 is 0 Å². The van der Waals surface area contributed by atoms with Crippen molar-refractivity contribution in [3.8, 4) is 11.5 Å². The van der Waals surface area contributed by atoms with Crippen molar-refractivity contribution in [1.29, 1.82) is 0 Å². The molecular formula is C14H19BrO3. The maximum absolute atomic E-state index is 9.65. The van der Waals surface area contributed by atoms with Gasteiger partial charge in [0.15, 0.2) is 11.5 Å². The van der Waals surface area contributed by atoms with Crippen LogP contribution in [0.2, 0.25) is 0 Å². The van der Waals surface area contributed by atoms with Gasteiger partial charge in [-0.2, -0.15) is 0 Å². The van der Waals surface area contributed by atoms with Gasteiger partial charge in [0.2, 0.25) is 0 Å². The number of hydrogen-bond donors (Lipinski definition) is 1. The Balaban J connectivity index is 2.57. The van der Waals surface area contributed by atoms with Gasteiger partial charge in [0, 0.05) is 10.0 Å². The van der Waals surface area contributed by atoms with Crippen LogP contribution < -0.4 is 9.47 Å².